The number of fused-ring (bicyclic) bond motifs is 1. The first-order valence-electron chi connectivity index (χ1n) is 10.9. The minimum atomic E-state index is -3.59. The van der Waals surface area contributed by atoms with Crippen molar-refractivity contribution < 1.29 is 22.0 Å². The third-order valence-corrected chi connectivity index (χ3v) is 8.72. The normalized spacial score (nSPS) is 15.0. The first-order chi connectivity index (χ1) is 16.4. The number of benzene rings is 2. The van der Waals surface area contributed by atoms with Crippen molar-refractivity contribution in [3.05, 3.63) is 78.0 Å². The molecule has 0 bridgehead atoms. The Morgan fingerprint density at radius 1 is 1.09 bits per heavy atom. The molecule has 0 saturated carbocycles. The highest BCUT2D eigenvalue weighted by Gasteiger charge is 2.27. The van der Waals surface area contributed by atoms with Crippen molar-refractivity contribution in [1.29, 1.82) is 0 Å². The standard InChI is InChI=1S/C24H22FN3O4S2/c25-18-8-11-21-22(15-18)33-24(26-21)28(16-19-5-4-14-32-19)23(29)17-6-9-20(10-7-17)34(30,31)27-12-2-1-3-13-27/h4-11,14-15H,1-3,12-13,16H2. The van der Waals surface area contributed by atoms with Gasteiger partial charge in [0.15, 0.2) is 5.13 Å². The molecule has 1 amide bonds. The zero-order valence-electron chi connectivity index (χ0n) is 18.2. The van der Waals surface area contributed by atoms with Crippen LogP contribution >= 0.6 is 11.3 Å². The van der Waals surface area contributed by atoms with Gasteiger partial charge in [-0.05, 0) is 67.4 Å². The van der Waals surface area contributed by atoms with E-state index in [2.05, 4.69) is 4.98 Å². The van der Waals surface area contributed by atoms with Crippen molar-refractivity contribution in [2.75, 3.05) is 18.0 Å². The van der Waals surface area contributed by atoms with Gasteiger partial charge >= 0.3 is 0 Å². The highest BCUT2D eigenvalue weighted by Crippen LogP contribution is 2.31. The minimum absolute atomic E-state index is 0.127. The number of furan rings is 1. The van der Waals surface area contributed by atoms with Crippen LogP contribution in [0, 0.1) is 5.82 Å². The summed E-state index contributed by atoms with van der Waals surface area (Å²) < 4.78 is 47.1. The lowest BCUT2D eigenvalue weighted by molar-refractivity contribution is 0.0983. The molecule has 0 aliphatic carbocycles. The summed E-state index contributed by atoms with van der Waals surface area (Å²) in [7, 11) is -3.59. The number of thiazole rings is 1. The van der Waals surface area contributed by atoms with Gasteiger partial charge in [0.25, 0.3) is 5.91 Å². The van der Waals surface area contributed by atoms with E-state index in [-0.39, 0.29) is 23.2 Å². The fraction of sp³-hybridized carbons (Fsp3) is 0.250. The van der Waals surface area contributed by atoms with Crippen molar-refractivity contribution in [2.45, 2.75) is 30.7 Å². The number of rotatable bonds is 6. The predicted molar refractivity (Wildman–Crippen MR) is 128 cm³/mol. The molecule has 10 heteroatoms. The number of hydrogen-bond acceptors (Lipinski definition) is 6. The van der Waals surface area contributed by atoms with Gasteiger partial charge in [-0.15, -0.1) is 0 Å². The Hall–Kier alpha value is -3.08. The number of carbonyl (C=O) groups excluding carboxylic acids is 1. The molecule has 1 fully saturated rings. The lowest BCUT2D eigenvalue weighted by Gasteiger charge is -2.26. The van der Waals surface area contributed by atoms with E-state index >= 15 is 0 Å². The smallest absolute Gasteiger partial charge is 0.260 e. The van der Waals surface area contributed by atoms with Crippen molar-refractivity contribution in [3.63, 3.8) is 0 Å². The number of piperidine rings is 1. The Balaban J connectivity index is 1.46. The van der Waals surface area contributed by atoms with Gasteiger partial charge in [0.05, 0.1) is 27.9 Å². The Bertz CT molecular complexity index is 1410. The summed E-state index contributed by atoms with van der Waals surface area (Å²) in [5, 5.41) is 0.395. The molecule has 0 spiro atoms. The highest BCUT2D eigenvalue weighted by molar-refractivity contribution is 7.89. The monoisotopic (exact) mass is 499 g/mol. The second-order valence-corrected chi connectivity index (χ2v) is 11.0. The van der Waals surface area contributed by atoms with E-state index in [0.29, 0.717) is 39.8 Å². The van der Waals surface area contributed by atoms with Crippen molar-refractivity contribution in [1.82, 2.24) is 9.29 Å². The van der Waals surface area contributed by atoms with Crippen molar-refractivity contribution >= 4 is 42.6 Å². The van der Waals surface area contributed by atoms with Crippen molar-refractivity contribution in [3.8, 4) is 0 Å². The molecule has 34 heavy (non-hydrogen) atoms. The molecule has 1 aliphatic rings. The van der Waals surface area contributed by atoms with Crippen LogP contribution in [0.4, 0.5) is 9.52 Å². The van der Waals surface area contributed by atoms with E-state index in [0.717, 1.165) is 19.3 Å². The summed E-state index contributed by atoms with van der Waals surface area (Å²) in [5.41, 5.74) is 0.899. The number of carbonyl (C=O) groups is 1. The Morgan fingerprint density at radius 3 is 2.56 bits per heavy atom. The van der Waals surface area contributed by atoms with E-state index in [1.54, 1.807) is 18.2 Å². The molecule has 0 atom stereocenters. The topological polar surface area (TPSA) is 83.7 Å². The van der Waals surface area contributed by atoms with Crippen LogP contribution in [-0.2, 0) is 16.6 Å². The van der Waals surface area contributed by atoms with Gasteiger partial charge in [-0.25, -0.2) is 17.8 Å². The average molecular weight is 500 g/mol. The fourth-order valence-electron chi connectivity index (χ4n) is 3.97. The summed E-state index contributed by atoms with van der Waals surface area (Å²) in [5.74, 6) is -0.182. The van der Waals surface area contributed by atoms with Gasteiger partial charge in [0.1, 0.15) is 11.6 Å². The number of nitrogens with zero attached hydrogens (tertiary/aromatic N) is 3. The van der Waals surface area contributed by atoms with E-state index in [9.17, 15) is 17.6 Å². The molecule has 2 aromatic carbocycles. The van der Waals surface area contributed by atoms with Crippen LogP contribution < -0.4 is 4.90 Å². The van der Waals surface area contributed by atoms with Crippen LogP contribution in [0.15, 0.2) is 70.2 Å². The van der Waals surface area contributed by atoms with Crippen LogP contribution in [0.5, 0.6) is 0 Å². The van der Waals surface area contributed by atoms with Crippen molar-refractivity contribution in [2.24, 2.45) is 0 Å². The number of aromatic nitrogens is 1. The van der Waals surface area contributed by atoms with Crippen LogP contribution in [0.3, 0.4) is 0 Å². The number of sulfonamides is 1. The maximum absolute atomic E-state index is 13.7. The lowest BCUT2D eigenvalue weighted by Crippen LogP contribution is -2.35. The quantitative estimate of drug-likeness (QED) is 0.371. The number of anilines is 1. The number of halogens is 1. The Kier molecular flexibility index (Phi) is 6.20. The van der Waals surface area contributed by atoms with Gasteiger partial charge in [-0.1, -0.05) is 17.8 Å². The molecule has 7 nitrogen and oxygen atoms in total. The van der Waals surface area contributed by atoms with Gasteiger partial charge < -0.3 is 4.42 Å². The molecule has 1 saturated heterocycles. The minimum Gasteiger partial charge on any atom is -0.467 e. The second-order valence-electron chi connectivity index (χ2n) is 8.07. The molecule has 4 aromatic rings. The molecular weight excluding hydrogens is 477 g/mol. The maximum atomic E-state index is 13.7. The first-order valence-corrected chi connectivity index (χ1v) is 13.2. The lowest BCUT2D eigenvalue weighted by atomic mass is 10.2. The predicted octanol–water partition coefficient (Wildman–Crippen LogP) is 5.05. The zero-order chi connectivity index (χ0) is 23.7. The number of amides is 1. The largest absolute Gasteiger partial charge is 0.467 e. The van der Waals surface area contributed by atoms with Crippen LogP contribution in [0.2, 0.25) is 0 Å². The van der Waals surface area contributed by atoms with E-state index in [4.69, 9.17) is 4.42 Å². The first kappa shape index (κ1) is 22.7. The zero-order valence-corrected chi connectivity index (χ0v) is 19.8. The molecule has 0 N–H and O–H groups in total. The highest BCUT2D eigenvalue weighted by atomic mass is 32.2. The van der Waals surface area contributed by atoms with Crippen LogP contribution in [0.25, 0.3) is 10.2 Å². The van der Waals surface area contributed by atoms with E-state index in [1.807, 2.05) is 0 Å². The summed E-state index contributed by atoms with van der Waals surface area (Å²) in [6, 6.07) is 13.7. The number of hydrogen-bond donors (Lipinski definition) is 0. The SMILES string of the molecule is O=C(c1ccc(S(=O)(=O)N2CCCCC2)cc1)N(Cc1ccco1)c1nc2ccc(F)cc2s1. The summed E-state index contributed by atoms with van der Waals surface area (Å²) >= 11 is 1.20. The fourth-order valence-corrected chi connectivity index (χ4v) is 6.47. The maximum Gasteiger partial charge on any atom is 0.260 e. The van der Waals surface area contributed by atoms with Gasteiger partial charge in [-0.3, -0.25) is 9.69 Å². The molecule has 0 unspecified atom stereocenters. The third kappa shape index (κ3) is 4.48. The molecule has 5 rings (SSSR count). The van der Waals surface area contributed by atoms with Gasteiger partial charge in [-0.2, -0.15) is 4.31 Å². The van der Waals surface area contributed by atoms with E-state index < -0.39 is 10.0 Å². The van der Waals surface area contributed by atoms with Gasteiger partial charge in [0, 0.05) is 18.7 Å². The molecule has 2 aromatic heterocycles. The van der Waals surface area contributed by atoms with E-state index in [1.165, 1.54) is 63.2 Å². The van der Waals surface area contributed by atoms with Crippen LogP contribution in [0.1, 0.15) is 35.4 Å². The average Bonchev–Trinajstić information content (AvgIpc) is 3.52. The molecule has 176 valence electrons. The molecular formula is C24H22FN3O4S2. The molecule has 0 radical (unpaired) electrons. The Labute approximate surface area is 200 Å². The Morgan fingerprint density at radius 2 is 1.85 bits per heavy atom. The second kappa shape index (κ2) is 9.28. The summed E-state index contributed by atoms with van der Waals surface area (Å²) in [6.45, 7) is 1.15. The summed E-state index contributed by atoms with van der Waals surface area (Å²) in [6.07, 6.45) is 4.25. The third-order valence-electron chi connectivity index (χ3n) is 5.76. The molecule has 3 heterocycles. The van der Waals surface area contributed by atoms with Crippen LogP contribution in [-0.4, -0.2) is 36.7 Å². The summed E-state index contributed by atoms with van der Waals surface area (Å²) in [4.78, 5) is 19.6. The molecule has 1 aliphatic heterocycles. The van der Waals surface area contributed by atoms with Gasteiger partial charge in [0.2, 0.25) is 10.0 Å².